The van der Waals surface area contributed by atoms with Crippen LogP contribution in [-0.2, 0) is 12.5 Å². The normalized spacial score (nSPS) is 11.8. The molecule has 2 aromatic heterocycles. The molecule has 0 atom stereocenters. The van der Waals surface area contributed by atoms with Gasteiger partial charge in [0, 0.05) is 30.9 Å². The Bertz CT molecular complexity index is 1200. The fraction of sp³-hybridized carbons (Fsp3) is 0.259. The van der Waals surface area contributed by atoms with E-state index in [1.807, 2.05) is 18.5 Å². The highest BCUT2D eigenvalue weighted by Crippen LogP contribution is 2.34. The van der Waals surface area contributed by atoms with Crippen LogP contribution in [0.4, 0.5) is 0 Å². The molecule has 0 aliphatic rings. The summed E-state index contributed by atoms with van der Waals surface area (Å²) in [5, 5.41) is 2.59. The average molecular weight is 382 g/mol. The van der Waals surface area contributed by atoms with Gasteiger partial charge in [0.2, 0.25) is 5.69 Å². The topological polar surface area (TPSA) is 16.8 Å². The van der Waals surface area contributed by atoms with Crippen molar-refractivity contribution in [3.63, 3.8) is 0 Å². The monoisotopic (exact) mass is 381 g/mol. The van der Waals surface area contributed by atoms with Gasteiger partial charge in [-0.2, -0.15) is 4.57 Å². The predicted molar refractivity (Wildman–Crippen MR) is 122 cm³/mol. The number of rotatable bonds is 2. The van der Waals surface area contributed by atoms with Crippen LogP contribution in [0.25, 0.3) is 33.2 Å². The van der Waals surface area contributed by atoms with Gasteiger partial charge in [0.15, 0.2) is 5.69 Å². The van der Waals surface area contributed by atoms with Crippen LogP contribution in [0.1, 0.15) is 37.6 Å². The summed E-state index contributed by atoms with van der Waals surface area (Å²) in [5.41, 5.74) is 8.91. The first kappa shape index (κ1) is 19.3. The maximum atomic E-state index is 4.29. The smallest absolute Gasteiger partial charge is 0.220 e. The Balaban J connectivity index is 2.00. The van der Waals surface area contributed by atoms with Gasteiger partial charge < -0.3 is 0 Å². The van der Waals surface area contributed by atoms with Crippen LogP contribution in [0.3, 0.4) is 0 Å². The lowest BCUT2D eigenvalue weighted by molar-refractivity contribution is -0.665. The summed E-state index contributed by atoms with van der Waals surface area (Å²) < 4.78 is 2.31. The van der Waals surface area contributed by atoms with E-state index in [2.05, 4.69) is 99.7 Å². The fourth-order valence-electron chi connectivity index (χ4n) is 3.96. The molecule has 0 bridgehead atoms. The Labute approximate surface area is 173 Å². The second-order valence-corrected chi connectivity index (χ2v) is 9.02. The summed E-state index contributed by atoms with van der Waals surface area (Å²) in [5.74, 6) is 0. The molecular formula is C27H29N2+. The standard InChI is InChI=1S/C27H29N2/c1-18-9-10-20(21-8-7-13-28-17-21)16-25(18)26-24-12-11-23(27(3,4)5)15-22(24)14-19(2)29(26)6/h7-17H,1-6H3/q+1. The van der Waals surface area contributed by atoms with Crippen molar-refractivity contribution in [1.29, 1.82) is 0 Å². The number of hydrogen-bond acceptors (Lipinski definition) is 1. The third kappa shape index (κ3) is 3.55. The molecular weight excluding hydrogens is 352 g/mol. The number of hydrogen-bond donors (Lipinski definition) is 0. The maximum Gasteiger partial charge on any atom is 0.220 e. The summed E-state index contributed by atoms with van der Waals surface area (Å²) >= 11 is 0. The van der Waals surface area contributed by atoms with E-state index in [4.69, 9.17) is 0 Å². The number of nitrogens with zero attached hydrogens (tertiary/aromatic N) is 2. The van der Waals surface area contributed by atoms with Gasteiger partial charge in [0.05, 0.1) is 10.9 Å². The summed E-state index contributed by atoms with van der Waals surface area (Å²) in [6, 6.07) is 20.0. The van der Waals surface area contributed by atoms with Crippen molar-refractivity contribution in [1.82, 2.24) is 4.98 Å². The van der Waals surface area contributed by atoms with Crippen LogP contribution in [-0.4, -0.2) is 4.98 Å². The third-order valence-electron chi connectivity index (χ3n) is 5.89. The number of benzene rings is 2. The van der Waals surface area contributed by atoms with Crippen molar-refractivity contribution >= 4 is 10.8 Å². The Kier molecular flexibility index (Phi) is 4.74. The largest absolute Gasteiger partial charge is 0.264 e. The van der Waals surface area contributed by atoms with E-state index in [0.717, 1.165) is 5.56 Å². The van der Waals surface area contributed by atoms with E-state index < -0.39 is 0 Å². The van der Waals surface area contributed by atoms with Gasteiger partial charge in [0.25, 0.3) is 0 Å². The molecule has 4 aromatic rings. The number of aryl methyl sites for hydroxylation is 2. The molecule has 0 saturated heterocycles. The minimum absolute atomic E-state index is 0.135. The number of fused-ring (bicyclic) bond motifs is 1. The van der Waals surface area contributed by atoms with Gasteiger partial charge in [-0.05, 0) is 52.6 Å². The van der Waals surface area contributed by atoms with Crippen molar-refractivity contribution in [2.45, 2.75) is 40.0 Å². The Morgan fingerprint density at radius 3 is 2.34 bits per heavy atom. The zero-order valence-corrected chi connectivity index (χ0v) is 18.2. The van der Waals surface area contributed by atoms with E-state index >= 15 is 0 Å². The fourth-order valence-corrected chi connectivity index (χ4v) is 3.96. The van der Waals surface area contributed by atoms with Crippen LogP contribution in [0.15, 0.2) is 67.0 Å². The Morgan fingerprint density at radius 1 is 0.862 bits per heavy atom. The highest BCUT2D eigenvalue weighted by molar-refractivity contribution is 5.95. The molecule has 0 unspecified atom stereocenters. The molecule has 4 rings (SSSR count). The van der Waals surface area contributed by atoms with E-state index in [9.17, 15) is 0 Å². The molecule has 0 N–H and O–H groups in total. The van der Waals surface area contributed by atoms with Crippen molar-refractivity contribution in [3.8, 4) is 22.4 Å². The summed E-state index contributed by atoms with van der Waals surface area (Å²) in [7, 11) is 2.16. The molecule has 29 heavy (non-hydrogen) atoms. The average Bonchev–Trinajstić information content (AvgIpc) is 2.69. The van der Waals surface area contributed by atoms with Gasteiger partial charge in [0.1, 0.15) is 7.05 Å². The summed E-state index contributed by atoms with van der Waals surface area (Å²) in [4.78, 5) is 4.29. The second-order valence-electron chi connectivity index (χ2n) is 9.02. The van der Waals surface area contributed by atoms with E-state index in [1.165, 1.54) is 44.4 Å². The van der Waals surface area contributed by atoms with E-state index in [1.54, 1.807) is 0 Å². The molecule has 2 aromatic carbocycles. The molecule has 0 aliphatic carbocycles. The lowest BCUT2D eigenvalue weighted by Crippen LogP contribution is -2.35. The second kappa shape index (κ2) is 7.11. The lowest BCUT2D eigenvalue weighted by atomic mass is 9.85. The Morgan fingerprint density at radius 2 is 1.66 bits per heavy atom. The molecule has 2 nitrogen and oxygen atoms in total. The summed E-state index contributed by atoms with van der Waals surface area (Å²) in [6.07, 6.45) is 3.75. The number of aromatic nitrogens is 2. The van der Waals surface area contributed by atoms with Crippen LogP contribution in [0.2, 0.25) is 0 Å². The molecule has 146 valence electrons. The SMILES string of the molecule is Cc1ccc(-c2cccnc2)cc1-c1c2ccc(C(C)(C)C)cc2cc(C)[n+]1C. The molecule has 0 fully saturated rings. The van der Waals surface area contributed by atoms with Crippen molar-refractivity contribution < 1.29 is 4.57 Å². The van der Waals surface area contributed by atoms with Crippen molar-refractivity contribution in [3.05, 3.63) is 83.8 Å². The first-order valence-corrected chi connectivity index (χ1v) is 10.2. The maximum absolute atomic E-state index is 4.29. The molecule has 0 spiro atoms. The van der Waals surface area contributed by atoms with Crippen LogP contribution in [0.5, 0.6) is 0 Å². The first-order valence-electron chi connectivity index (χ1n) is 10.2. The van der Waals surface area contributed by atoms with Crippen LogP contribution < -0.4 is 4.57 Å². The molecule has 0 aliphatic heterocycles. The zero-order chi connectivity index (χ0) is 20.8. The summed E-state index contributed by atoms with van der Waals surface area (Å²) in [6.45, 7) is 11.2. The van der Waals surface area contributed by atoms with Gasteiger partial charge in [-0.15, -0.1) is 0 Å². The van der Waals surface area contributed by atoms with Crippen molar-refractivity contribution in [2.75, 3.05) is 0 Å². The van der Waals surface area contributed by atoms with Crippen molar-refractivity contribution in [2.24, 2.45) is 7.05 Å². The first-order chi connectivity index (χ1) is 13.8. The van der Waals surface area contributed by atoms with Gasteiger partial charge >= 0.3 is 0 Å². The third-order valence-corrected chi connectivity index (χ3v) is 5.89. The minimum atomic E-state index is 0.135. The van der Waals surface area contributed by atoms with E-state index in [-0.39, 0.29) is 5.41 Å². The highest BCUT2D eigenvalue weighted by atomic mass is 14.9. The molecule has 2 heteroatoms. The van der Waals surface area contributed by atoms with Gasteiger partial charge in [-0.25, -0.2) is 0 Å². The molecule has 2 heterocycles. The number of pyridine rings is 2. The van der Waals surface area contributed by atoms with Gasteiger partial charge in [-0.1, -0.05) is 51.1 Å². The zero-order valence-electron chi connectivity index (χ0n) is 18.2. The quantitative estimate of drug-likeness (QED) is 0.372. The highest BCUT2D eigenvalue weighted by Gasteiger charge is 2.22. The van der Waals surface area contributed by atoms with E-state index in [0.29, 0.717) is 0 Å². The Hall–Kier alpha value is -3.00. The van der Waals surface area contributed by atoms with Crippen LogP contribution >= 0.6 is 0 Å². The lowest BCUT2D eigenvalue weighted by Gasteiger charge is -2.20. The minimum Gasteiger partial charge on any atom is -0.264 e. The molecule has 0 amide bonds. The van der Waals surface area contributed by atoms with Crippen LogP contribution in [0, 0.1) is 13.8 Å². The molecule has 0 radical (unpaired) electrons. The predicted octanol–water partition coefficient (Wildman–Crippen LogP) is 6.31. The van der Waals surface area contributed by atoms with Gasteiger partial charge in [-0.3, -0.25) is 4.98 Å². The molecule has 0 saturated carbocycles.